The largest absolute Gasteiger partial charge is 0.461 e. The maximum absolute atomic E-state index is 5.73. The van der Waals surface area contributed by atoms with Gasteiger partial charge in [-0.05, 0) is 36.5 Å². The number of hydrazine groups is 1. The maximum atomic E-state index is 5.73. The molecule has 5 nitrogen and oxygen atoms in total. The molecule has 16 heavy (non-hydrogen) atoms. The summed E-state index contributed by atoms with van der Waals surface area (Å²) >= 11 is 10.5. The Bertz CT molecular complexity index is 471. The second-order valence-electron chi connectivity index (χ2n) is 2.90. The van der Waals surface area contributed by atoms with Crippen LogP contribution in [0.2, 0.25) is 5.02 Å². The standard InChI is InChI=1S/C9H7ClN4OS/c10-6-1-3-7(4-2-6)15-5-8-12-13-9(16)14(8)11/h1-5H,11H2. The van der Waals surface area contributed by atoms with E-state index in [4.69, 9.17) is 34.4 Å². The van der Waals surface area contributed by atoms with Crippen molar-refractivity contribution in [2.45, 2.75) is 0 Å². The van der Waals surface area contributed by atoms with Gasteiger partial charge in [-0.1, -0.05) is 11.6 Å². The predicted molar refractivity (Wildman–Crippen MR) is 63.6 cm³/mol. The van der Waals surface area contributed by atoms with Gasteiger partial charge in [0.2, 0.25) is 10.9 Å². The Morgan fingerprint density at radius 1 is 1.31 bits per heavy atom. The third-order valence-electron chi connectivity index (χ3n) is 1.80. The monoisotopic (exact) mass is 254 g/mol. The quantitative estimate of drug-likeness (QED) is 0.500. The number of benzene rings is 1. The summed E-state index contributed by atoms with van der Waals surface area (Å²) in [6.07, 6.45) is 1.37. The molecule has 0 unspecified atom stereocenters. The van der Waals surface area contributed by atoms with Gasteiger partial charge in [0.1, 0.15) is 12.0 Å². The molecule has 0 saturated heterocycles. The molecule has 2 N–H and O–H groups in total. The lowest BCUT2D eigenvalue weighted by molar-refractivity contribution is 0.445. The van der Waals surface area contributed by atoms with Crippen molar-refractivity contribution >= 4 is 28.9 Å². The van der Waals surface area contributed by atoms with E-state index in [-0.39, 0.29) is 5.11 Å². The van der Waals surface area contributed by atoms with Crippen LogP contribution in [-0.4, -0.2) is 10.1 Å². The zero-order chi connectivity index (χ0) is 11.5. The molecule has 0 radical (unpaired) electrons. The summed E-state index contributed by atoms with van der Waals surface area (Å²) in [5.74, 6) is 6.52. The third-order valence-corrected chi connectivity index (χ3v) is 2.34. The summed E-state index contributed by atoms with van der Waals surface area (Å²) in [6, 6.07) is 6.89. The molecular formula is C9H7ClN4OS. The summed E-state index contributed by atoms with van der Waals surface area (Å²) in [5.41, 5.74) is 0. The van der Waals surface area contributed by atoms with Crippen molar-refractivity contribution in [3.63, 3.8) is 0 Å². The molecule has 1 aliphatic heterocycles. The zero-order valence-corrected chi connectivity index (χ0v) is 9.57. The number of nitrogens with zero attached hydrogens (tertiary/aromatic N) is 3. The molecule has 1 aliphatic rings. The average Bonchev–Trinajstić information content (AvgIpc) is 2.60. The van der Waals surface area contributed by atoms with E-state index in [1.54, 1.807) is 24.3 Å². The van der Waals surface area contributed by atoms with Crippen LogP contribution in [0.5, 0.6) is 5.75 Å². The fourth-order valence-electron chi connectivity index (χ4n) is 1.00. The molecule has 0 saturated carbocycles. The molecule has 82 valence electrons. The number of thiocarbonyl (C=S) groups is 1. The summed E-state index contributed by atoms with van der Waals surface area (Å²) in [5, 5.41) is 9.34. The fourth-order valence-corrected chi connectivity index (χ4v) is 1.26. The number of ether oxygens (including phenoxy) is 1. The minimum Gasteiger partial charge on any atom is -0.461 e. The topological polar surface area (TPSA) is 63.2 Å². The summed E-state index contributed by atoms with van der Waals surface area (Å²) < 4.78 is 5.31. The van der Waals surface area contributed by atoms with Crippen LogP contribution in [0, 0.1) is 0 Å². The van der Waals surface area contributed by atoms with Crippen LogP contribution in [0.1, 0.15) is 0 Å². The van der Waals surface area contributed by atoms with Crippen molar-refractivity contribution in [3.8, 4) is 5.75 Å². The molecule has 0 aromatic heterocycles. The molecule has 7 heteroatoms. The second kappa shape index (κ2) is 4.56. The molecular weight excluding hydrogens is 248 g/mol. The van der Waals surface area contributed by atoms with Crippen LogP contribution < -0.4 is 10.6 Å². The van der Waals surface area contributed by atoms with E-state index < -0.39 is 0 Å². The highest BCUT2D eigenvalue weighted by Crippen LogP contribution is 2.18. The normalized spacial score (nSPS) is 17.2. The molecule has 0 aliphatic carbocycles. The fraction of sp³-hybridized carbons (Fsp3) is 0. The van der Waals surface area contributed by atoms with Crippen LogP contribution in [0.15, 0.2) is 46.6 Å². The number of hydrogen-bond acceptors (Lipinski definition) is 4. The molecule has 1 aromatic rings. The van der Waals surface area contributed by atoms with Crippen LogP contribution in [0.4, 0.5) is 0 Å². The lowest BCUT2D eigenvalue weighted by atomic mass is 10.3. The smallest absolute Gasteiger partial charge is 0.236 e. The zero-order valence-electron chi connectivity index (χ0n) is 8.00. The highest BCUT2D eigenvalue weighted by molar-refractivity contribution is 7.80. The van der Waals surface area contributed by atoms with Gasteiger partial charge in [0, 0.05) is 5.02 Å². The first-order chi connectivity index (χ1) is 7.66. The van der Waals surface area contributed by atoms with Gasteiger partial charge in [-0.15, -0.1) is 10.2 Å². The first kappa shape index (κ1) is 11.0. The Hall–Kier alpha value is -1.50. The Morgan fingerprint density at radius 2 is 2.00 bits per heavy atom. The van der Waals surface area contributed by atoms with E-state index in [0.29, 0.717) is 16.6 Å². The molecule has 2 rings (SSSR count). The van der Waals surface area contributed by atoms with Gasteiger partial charge < -0.3 is 4.74 Å². The van der Waals surface area contributed by atoms with Crippen LogP contribution in [0.3, 0.4) is 0 Å². The summed E-state index contributed by atoms with van der Waals surface area (Å²) in [6.45, 7) is 0. The van der Waals surface area contributed by atoms with Gasteiger partial charge in [-0.2, -0.15) is 0 Å². The van der Waals surface area contributed by atoms with Crippen molar-refractivity contribution in [2.75, 3.05) is 0 Å². The van der Waals surface area contributed by atoms with Crippen molar-refractivity contribution in [1.82, 2.24) is 5.01 Å². The Morgan fingerprint density at radius 3 is 2.56 bits per heavy atom. The lowest BCUT2D eigenvalue weighted by Crippen LogP contribution is -2.29. The molecule has 0 spiro atoms. The molecule has 1 heterocycles. The van der Waals surface area contributed by atoms with Crippen molar-refractivity contribution in [1.29, 1.82) is 0 Å². The Labute approximate surface area is 102 Å². The van der Waals surface area contributed by atoms with E-state index in [0.717, 1.165) is 5.01 Å². The molecule has 0 fully saturated rings. The van der Waals surface area contributed by atoms with E-state index in [1.807, 2.05) is 0 Å². The van der Waals surface area contributed by atoms with Crippen LogP contribution in [-0.2, 0) is 0 Å². The van der Waals surface area contributed by atoms with Gasteiger partial charge in [-0.25, -0.2) is 10.9 Å². The summed E-state index contributed by atoms with van der Waals surface area (Å²) in [4.78, 5) is 0. The number of azo groups is 1. The van der Waals surface area contributed by atoms with Gasteiger partial charge in [0.25, 0.3) is 0 Å². The number of rotatable bonds is 2. The van der Waals surface area contributed by atoms with Gasteiger partial charge in [0.05, 0.1) is 0 Å². The van der Waals surface area contributed by atoms with E-state index in [9.17, 15) is 0 Å². The SMILES string of the molecule is NN1C(=S)N=NC1=COc1ccc(Cl)cc1. The first-order valence-corrected chi connectivity index (χ1v) is 5.08. The highest BCUT2D eigenvalue weighted by atomic mass is 35.5. The van der Waals surface area contributed by atoms with Gasteiger partial charge >= 0.3 is 0 Å². The number of halogens is 1. The van der Waals surface area contributed by atoms with Crippen molar-refractivity contribution in [3.05, 3.63) is 41.4 Å². The number of hydrogen-bond donors (Lipinski definition) is 1. The Kier molecular flexibility index (Phi) is 3.14. The number of nitrogens with two attached hydrogens (primary N) is 1. The molecule has 1 aromatic carbocycles. The van der Waals surface area contributed by atoms with Crippen LogP contribution >= 0.6 is 23.8 Å². The van der Waals surface area contributed by atoms with E-state index in [2.05, 4.69) is 10.2 Å². The first-order valence-electron chi connectivity index (χ1n) is 4.30. The highest BCUT2D eigenvalue weighted by Gasteiger charge is 2.16. The predicted octanol–water partition coefficient (Wildman–Crippen LogP) is 2.44. The second-order valence-corrected chi connectivity index (χ2v) is 3.70. The third kappa shape index (κ3) is 2.35. The summed E-state index contributed by atoms with van der Waals surface area (Å²) in [7, 11) is 0. The molecule has 0 atom stereocenters. The van der Waals surface area contributed by atoms with E-state index in [1.165, 1.54) is 6.26 Å². The molecule has 0 amide bonds. The van der Waals surface area contributed by atoms with Gasteiger partial charge in [0.15, 0.2) is 0 Å². The molecule has 0 bridgehead atoms. The van der Waals surface area contributed by atoms with Crippen molar-refractivity contribution < 1.29 is 4.74 Å². The minimum absolute atomic E-state index is 0.200. The van der Waals surface area contributed by atoms with Crippen LogP contribution in [0.25, 0.3) is 0 Å². The minimum atomic E-state index is 0.200. The Balaban J connectivity index is 2.07. The van der Waals surface area contributed by atoms with Crippen molar-refractivity contribution in [2.24, 2.45) is 16.1 Å². The van der Waals surface area contributed by atoms with E-state index >= 15 is 0 Å². The lowest BCUT2D eigenvalue weighted by Gasteiger charge is -2.07. The maximum Gasteiger partial charge on any atom is 0.236 e. The van der Waals surface area contributed by atoms with Gasteiger partial charge in [-0.3, -0.25) is 0 Å². The average molecular weight is 255 g/mol.